The molecular weight excluding hydrogens is 356 g/mol. The molecule has 3 aromatic heterocycles. The number of rotatable bonds is 6. The third-order valence-corrected chi connectivity index (χ3v) is 4.82. The molecule has 4 rings (SSSR count). The van der Waals surface area contributed by atoms with Gasteiger partial charge in [0.25, 0.3) is 0 Å². The Kier molecular flexibility index (Phi) is 5.05. The summed E-state index contributed by atoms with van der Waals surface area (Å²) in [4.78, 5) is 23.4. The van der Waals surface area contributed by atoms with Gasteiger partial charge in [-0.25, -0.2) is 9.97 Å². The first-order valence-electron chi connectivity index (χ1n) is 9.43. The summed E-state index contributed by atoms with van der Waals surface area (Å²) in [5.41, 5.74) is 2.77. The topological polar surface area (TPSA) is 93.8 Å². The highest BCUT2D eigenvalue weighted by molar-refractivity contribution is 5.76. The molecule has 0 bridgehead atoms. The highest BCUT2D eigenvalue weighted by Crippen LogP contribution is 2.21. The number of aromatic nitrogens is 6. The number of anilines is 1. The van der Waals surface area contributed by atoms with Crippen LogP contribution in [0, 0.1) is 6.92 Å². The van der Waals surface area contributed by atoms with Crippen LogP contribution >= 0.6 is 0 Å². The van der Waals surface area contributed by atoms with Gasteiger partial charge in [-0.05, 0) is 25.5 Å². The van der Waals surface area contributed by atoms with Gasteiger partial charge in [0, 0.05) is 63.3 Å². The first-order chi connectivity index (χ1) is 13.6. The van der Waals surface area contributed by atoms with Crippen LogP contribution in [0.2, 0.25) is 0 Å². The van der Waals surface area contributed by atoms with Crippen LogP contribution in [-0.4, -0.2) is 54.6 Å². The normalized spacial score (nSPS) is 16.5. The Morgan fingerprint density at radius 3 is 3.00 bits per heavy atom. The maximum atomic E-state index is 12.3. The molecule has 1 saturated heterocycles. The van der Waals surface area contributed by atoms with Gasteiger partial charge in [-0.1, -0.05) is 0 Å². The van der Waals surface area contributed by atoms with E-state index in [0.29, 0.717) is 25.5 Å². The van der Waals surface area contributed by atoms with E-state index in [1.54, 1.807) is 21.8 Å². The minimum atomic E-state index is 0.0463. The van der Waals surface area contributed by atoms with E-state index in [2.05, 4.69) is 30.4 Å². The van der Waals surface area contributed by atoms with Gasteiger partial charge in [0.15, 0.2) is 0 Å². The summed E-state index contributed by atoms with van der Waals surface area (Å²) in [5.74, 6) is 0.732. The summed E-state index contributed by atoms with van der Waals surface area (Å²) in [6, 6.07) is 3.93. The number of nitrogens with one attached hydrogen (secondary N) is 1. The van der Waals surface area contributed by atoms with Gasteiger partial charge in [-0.2, -0.15) is 10.2 Å². The lowest BCUT2D eigenvalue weighted by atomic mass is 10.2. The van der Waals surface area contributed by atoms with Gasteiger partial charge in [0.05, 0.1) is 17.6 Å². The Hall–Kier alpha value is -3.23. The minimum Gasteiger partial charge on any atom is -0.351 e. The van der Waals surface area contributed by atoms with Crippen LogP contribution in [0.4, 0.5) is 5.95 Å². The molecule has 9 heteroatoms. The SMILES string of the molecule is Cc1ccn(CCC(=O)NC2CCN(c3nccc(-c4cnn(C)c4)n3)C2)n1. The minimum absolute atomic E-state index is 0.0463. The molecule has 0 aliphatic carbocycles. The number of hydrogen-bond acceptors (Lipinski definition) is 6. The summed E-state index contributed by atoms with van der Waals surface area (Å²) in [7, 11) is 1.88. The molecule has 0 saturated carbocycles. The second-order valence-electron chi connectivity index (χ2n) is 7.11. The summed E-state index contributed by atoms with van der Waals surface area (Å²) in [6.07, 6.45) is 8.69. The molecule has 1 fully saturated rings. The van der Waals surface area contributed by atoms with Gasteiger partial charge in [-0.3, -0.25) is 14.2 Å². The first kappa shape index (κ1) is 18.1. The average molecular weight is 380 g/mol. The highest BCUT2D eigenvalue weighted by atomic mass is 16.1. The lowest BCUT2D eigenvalue weighted by molar-refractivity contribution is -0.121. The van der Waals surface area contributed by atoms with E-state index in [-0.39, 0.29) is 11.9 Å². The van der Waals surface area contributed by atoms with Crippen LogP contribution in [0.25, 0.3) is 11.3 Å². The Labute approximate surface area is 163 Å². The van der Waals surface area contributed by atoms with Crippen LogP contribution in [-0.2, 0) is 18.4 Å². The second kappa shape index (κ2) is 7.79. The van der Waals surface area contributed by atoms with Gasteiger partial charge in [0.1, 0.15) is 0 Å². The molecule has 9 nitrogen and oxygen atoms in total. The van der Waals surface area contributed by atoms with Crippen molar-refractivity contribution in [2.24, 2.45) is 7.05 Å². The van der Waals surface area contributed by atoms with Crippen molar-refractivity contribution in [2.45, 2.75) is 32.4 Å². The van der Waals surface area contributed by atoms with Gasteiger partial charge < -0.3 is 10.2 Å². The molecule has 1 aliphatic heterocycles. The molecule has 1 unspecified atom stereocenters. The molecule has 146 valence electrons. The molecule has 1 atom stereocenters. The molecule has 4 heterocycles. The largest absolute Gasteiger partial charge is 0.351 e. The number of carbonyl (C=O) groups excluding carboxylic acids is 1. The predicted octanol–water partition coefficient (Wildman–Crippen LogP) is 1.17. The Bertz CT molecular complexity index is 962. The van der Waals surface area contributed by atoms with Crippen molar-refractivity contribution in [3.05, 3.63) is 42.6 Å². The fraction of sp³-hybridized carbons (Fsp3) is 0.421. The molecule has 0 radical (unpaired) electrons. The van der Waals surface area contributed by atoms with Crippen LogP contribution in [0.3, 0.4) is 0 Å². The maximum absolute atomic E-state index is 12.3. The number of hydrogen-bond donors (Lipinski definition) is 1. The molecule has 28 heavy (non-hydrogen) atoms. The van der Waals surface area contributed by atoms with Gasteiger partial charge in [-0.15, -0.1) is 0 Å². The molecule has 1 amide bonds. The zero-order valence-electron chi connectivity index (χ0n) is 16.1. The Morgan fingerprint density at radius 2 is 2.25 bits per heavy atom. The summed E-state index contributed by atoms with van der Waals surface area (Å²) >= 11 is 0. The predicted molar refractivity (Wildman–Crippen MR) is 105 cm³/mol. The van der Waals surface area contributed by atoms with Crippen molar-refractivity contribution < 1.29 is 4.79 Å². The zero-order chi connectivity index (χ0) is 19.5. The third-order valence-electron chi connectivity index (χ3n) is 4.82. The fourth-order valence-electron chi connectivity index (χ4n) is 3.38. The third kappa shape index (κ3) is 4.19. The lowest BCUT2D eigenvalue weighted by Crippen LogP contribution is -2.37. The Balaban J connectivity index is 1.32. The van der Waals surface area contributed by atoms with E-state index in [9.17, 15) is 4.79 Å². The van der Waals surface area contributed by atoms with E-state index in [4.69, 9.17) is 0 Å². The monoisotopic (exact) mass is 380 g/mol. The Morgan fingerprint density at radius 1 is 1.36 bits per heavy atom. The second-order valence-corrected chi connectivity index (χ2v) is 7.11. The van der Waals surface area contributed by atoms with Crippen LogP contribution in [0.1, 0.15) is 18.5 Å². The summed E-state index contributed by atoms with van der Waals surface area (Å²) in [5, 5.41) is 11.6. The van der Waals surface area contributed by atoms with E-state index in [1.807, 2.05) is 38.5 Å². The quantitative estimate of drug-likeness (QED) is 0.690. The average Bonchev–Trinajstić information content (AvgIpc) is 3.42. The number of carbonyl (C=O) groups is 1. The molecular formula is C19H24N8O. The van der Waals surface area contributed by atoms with E-state index in [0.717, 1.165) is 29.9 Å². The van der Waals surface area contributed by atoms with Crippen molar-refractivity contribution in [3.8, 4) is 11.3 Å². The highest BCUT2D eigenvalue weighted by Gasteiger charge is 2.25. The van der Waals surface area contributed by atoms with Gasteiger partial charge >= 0.3 is 0 Å². The maximum Gasteiger partial charge on any atom is 0.225 e. The molecule has 0 aromatic carbocycles. The van der Waals surface area contributed by atoms with Crippen molar-refractivity contribution in [1.29, 1.82) is 0 Å². The number of aryl methyl sites for hydroxylation is 3. The first-order valence-corrected chi connectivity index (χ1v) is 9.43. The van der Waals surface area contributed by atoms with Crippen molar-refractivity contribution in [3.63, 3.8) is 0 Å². The summed E-state index contributed by atoms with van der Waals surface area (Å²) in [6.45, 7) is 4.06. The smallest absolute Gasteiger partial charge is 0.225 e. The number of amides is 1. The number of nitrogens with zero attached hydrogens (tertiary/aromatic N) is 7. The zero-order valence-corrected chi connectivity index (χ0v) is 16.1. The summed E-state index contributed by atoms with van der Waals surface area (Å²) < 4.78 is 3.55. The van der Waals surface area contributed by atoms with Crippen LogP contribution < -0.4 is 10.2 Å². The molecule has 0 spiro atoms. The van der Waals surface area contributed by atoms with E-state index < -0.39 is 0 Å². The molecule has 1 aliphatic rings. The van der Waals surface area contributed by atoms with Crippen molar-refractivity contribution >= 4 is 11.9 Å². The van der Waals surface area contributed by atoms with Crippen LogP contribution in [0.5, 0.6) is 0 Å². The van der Waals surface area contributed by atoms with E-state index in [1.165, 1.54) is 0 Å². The van der Waals surface area contributed by atoms with Crippen LogP contribution in [0.15, 0.2) is 36.9 Å². The lowest BCUT2D eigenvalue weighted by Gasteiger charge is -2.17. The van der Waals surface area contributed by atoms with Crippen molar-refractivity contribution in [1.82, 2.24) is 34.8 Å². The van der Waals surface area contributed by atoms with E-state index >= 15 is 0 Å². The fourth-order valence-corrected chi connectivity index (χ4v) is 3.38. The molecule has 3 aromatic rings. The van der Waals surface area contributed by atoms with Crippen molar-refractivity contribution in [2.75, 3.05) is 18.0 Å². The van der Waals surface area contributed by atoms with Gasteiger partial charge in [0.2, 0.25) is 11.9 Å². The molecule has 1 N–H and O–H groups in total. The standard InChI is InChI=1S/C19H24N8O/c1-14-4-9-27(24-14)10-6-18(28)22-16-5-8-26(13-16)19-20-7-3-17(23-19)15-11-21-25(2)12-15/h3-4,7,9,11-12,16H,5-6,8,10,13H2,1-2H3,(H,22,28).